The fourth-order valence-corrected chi connectivity index (χ4v) is 5.95. The van der Waals surface area contributed by atoms with Crippen molar-refractivity contribution in [2.75, 3.05) is 11.9 Å². The lowest BCUT2D eigenvalue weighted by atomic mass is 9.73. The zero-order valence-corrected chi connectivity index (χ0v) is 16.9. The third kappa shape index (κ3) is 4.71. The van der Waals surface area contributed by atoms with Crippen LogP contribution in [-0.2, 0) is 9.36 Å². The van der Waals surface area contributed by atoms with E-state index in [0.29, 0.717) is 5.75 Å². The largest absolute Gasteiger partial charge is 0.479 e. The number of carboxylic acid groups (broad SMARTS) is 1. The summed E-state index contributed by atoms with van der Waals surface area (Å²) in [5.41, 5.74) is -1.95. The fourth-order valence-electron chi connectivity index (χ4n) is 4.09. The van der Waals surface area contributed by atoms with Crippen LogP contribution in [0.3, 0.4) is 0 Å². The second-order valence-electron chi connectivity index (χ2n) is 7.34. The molecule has 0 amide bonds. The second-order valence-corrected chi connectivity index (χ2v) is 9.01. The van der Waals surface area contributed by atoms with Crippen molar-refractivity contribution < 1.29 is 19.6 Å². The first-order valence-corrected chi connectivity index (χ1v) is 11.4. The maximum absolute atomic E-state index is 11.9. The molecule has 2 N–H and O–H groups in total. The van der Waals surface area contributed by atoms with Crippen molar-refractivity contribution in [1.29, 1.82) is 0 Å². The third-order valence-corrected chi connectivity index (χ3v) is 7.38. The molecule has 1 aliphatic carbocycles. The highest BCUT2D eigenvalue weighted by molar-refractivity contribution is 7.99. The Morgan fingerprint density at radius 1 is 1.15 bits per heavy atom. The number of benzene rings is 2. The van der Waals surface area contributed by atoms with E-state index in [4.69, 9.17) is 0 Å². The predicted octanol–water partition coefficient (Wildman–Crippen LogP) is 5.24. The van der Waals surface area contributed by atoms with Gasteiger partial charge >= 0.3 is 5.97 Å². The minimum Gasteiger partial charge on any atom is -0.479 e. The molecule has 0 heterocycles. The van der Waals surface area contributed by atoms with Crippen LogP contribution in [0, 0.1) is 11.8 Å². The molecule has 0 spiro atoms. The molecule has 2 unspecified atom stereocenters. The molecule has 27 heavy (non-hydrogen) atoms. The molecule has 144 valence electrons. The van der Waals surface area contributed by atoms with Crippen LogP contribution < -0.4 is 0 Å². The highest BCUT2D eigenvalue weighted by Crippen LogP contribution is 2.40. The highest BCUT2D eigenvalue weighted by Gasteiger charge is 2.47. The summed E-state index contributed by atoms with van der Waals surface area (Å²) in [6.45, 7) is 0. The number of thioether (sulfide) groups is 1. The summed E-state index contributed by atoms with van der Waals surface area (Å²) in [4.78, 5) is 12.9. The average molecular weight is 404 g/mol. The number of fused-ring (bicyclic) bond motifs is 1. The topological polar surface area (TPSA) is 74.6 Å². The zero-order valence-electron chi connectivity index (χ0n) is 15.2. The SMILES string of the molecule is O=PCC(O)(C(=O)O)C(CSc1ccc2ccccc2c1)C1CCCCC1. The maximum atomic E-state index is 11.9. The minimum absolute atomic E-state index is 0.148. The Balaban J connectivity index is 1.83. The number of aliphatic carboxylic acids is 1. The van der Waals surface area contributed by atoms with Gasteiger partial charge in [-0.2, -0.15) is 0 Å². The summed E-state index contributed by atoms with van der Waals surface area (Å²) in [5.74, 6) is -1.04. The molecule has 1 aliphatic rings. The Hall–Kier alpha value is -1.42. The van der Waals surface area contributed by atoms with Gasteiger partial charge in [-0.1, -0.05) is 62.4 Å². The molecule has 0 radical (unpaired) electrons. The molecule has 0 bridgehead atoms. The Morgan fingerprint density at radius 3 is 2.52 bits per heavy atom. The van der Waals surface area contributed by atoms with Crippen LogP contribution in [0.15, 0.2) is 47.4 Å². The lowest BCUT2D eigenvalue weighted by Gasteiger charge is -2.38. The van der Waals surface area contributed by atoms with Crippen molar-refractivity contribution in [2.24, 2.45) is 11.8 Å². The molecule has 1 saturated carbocycles. The molecular formula is C21H25O4PS. The fraction of sp³-hybridized carbons (Fsp3) is 0.476. The molecule has 0 aliphatic heterocycles. The normalized spacial score (nSPS) is 19.0. The van der Waals surface area contributed by atoms with Crippen LogP contribution in [-0.4, -0.2) is 33.7 Å². The average Bonchev–Trinajstić information content (AvgIpc) is 2.69. The number of carboxylic acids is 1. The van der Waals surface area contributed by atoms with Crippen molar-refractivity contribution in [3.63, 3.8) is 0 Å². The van der Waals surface area contributed by atoms with E-state index in [-0.39, 0.29) is 20.5 Å². The van der Waals surface area contributed by atoms with E-state index >= 15 is 0 Å². The lowest BCUT2D eigenvalue weighted by Crippen LogP contribution is -2.52. The number of aliphatic hydroxyl groups is 1. The number of carbonyl (C=O) groups is 1. The lowest BCUT2D eigenvalue weighted by molar-refractivity contribution is -0.163. The van der Waals surface area contributed by atoms with Crippen LogP contribution in [0.25, 0.3) is 10.8 Å². The maximum Gasteiger partial charge on any atom is 0.336 e. The second kappa shape index (κ2) is 9.18. The summed E-state index contributed by atoms with van der Waals surface area (Å²) in [6, 6.07) is 14.3. The summed E-state index contributed by atoms with van der Waals surface area (Å²) < 4.78 is 11.2. The molecule has 2 atom stereocenters. The van der Waals surface area contributed by atoms with E-state index in [1.54, 1.807) is 11.8 Å². The third-order valence-electron chi connectivity index (χ3n) is 5.66. The van der Waals surface area contributed by atoms with Crippen LogP contribution >= 0.6 is 20.2 Å². The van der Waals surface area contributed by atoms with Gasteiger partial charge in [-0.25, -0.2) is 4.79 Å². The summed E-state index contributed by atoms with van der Waals surface area (Å²) >= 11 is 1.58. The van der Waals surface area contributed by atoms with Crippen molar-refractivity contribution in [1.82, 2.24) is 0 Å². The molecule has 2 aromatic carbocycles. The van der Waals surface area contributed by atoms with E-state index < -0.39 is 17.5 Å². The van der Waals surface area contributed by atoms with Gasteiger partial charge in [0.25, 0.3) is 0 Å². The van der Waals surface area contributed by atoms with Crippen molar-refractivity contribution in [3.8, 4) is 0 Å². The van der Waals surface area contributed by atoms with E-state index in [2.05, 4.69) is 24.3 Å². The van der Waals surface area contributed by atoms with Gasteiger partial charge in [-0.05, 0) is 28.8 Å². The summed E-state index contributed by atoms with van der Waals surface area (Å²) in [6.07, 6.45) is 4.87. The number of hydrogen-bond acceptors (Lipinski definition) is 4. The first-order valence-electron chi connectivity index (χ1n) is 9.41. The number of hydrogen-bond donors (Lipinski definition) is 2. The minimum atomic E-state index is -1.95. The van der Waals surface area contributed by atoms with Crippen LogP contribution in [0.1, 0.15) is 32.1 Å². The van der Waals surface area contributed by atoms with E-state index in [1.165, 1.54) is 0 Å². The zero-order chi connectivity index (χ0) is 19.3. The van der Waals surface area contributed by atoms with Crippen LogP contribution in [0.4, 0.5) is 0 Å². The molecule has 3 rings (SSSR count). The Labute approximate surface area is 165 Å². The monoisotopic (exact) mass is 404 g/mol. The Kier molecular flexibility index (Phi) is 6.91. The highest BCUT2D eigenvalue weighted by atomic mass is 32.2. The van der Waals surface area contributed by atoms with Crippen molar-refractivity contribution >= 4 is 37.0 Å². The first kappa shape index (κ1) is 20.3. The van der Waals surface area contributed by atoms with Gasteiger partial charge in [0.15, 0.2) is 14.1 Å². The molecule has 0 aromatic heterocycles. The van der Waals surface area contributed by atoms with Gasteiger partial charge in [0, 0.05) is 16.6 Å². The van der Waals surface area contributed by atoms with Crippen LogP contribution in [0.5, 0.6) is 0 Å². The summed E-state index contributed by atoms with van der Waals surface area (Å²) in [5, 5.41) is 22.9. The molecular weight excluding hydrogens is 379 g/mol. The van der Waals surface area contributed by atoms with Crippen molar-refractivity contribution in [2.45, 2.75) is 42.6 Å². The van der Waals surface area contributed by atoms with Gasteiger partial charge in [-0.15, -0.1) is 11.8 Å². The van der Waals surface area contributed by atoms with E-state index in [1.807, 2.05) is 18.2 Å². The number of rotatable bonds is 8. The Morgan fingerprint density at radius 2 is 1.85 bits per heavy atom. The molecule has 2 aromatic rings. The van der Waals surface area contributed by atoms with Gasteiger partial charge in [0.2, 0.25) is 0 Å². The molecule has 1 fully saturated rings. The quantitative estimate of drug-likeness (QED) is 0.465. The summed E-state index contributed by atoms with van der Waals surface area (Å²) in [7, 11) is -0.330. The van der Waals surface area contributed by atoms with Gasteiger partial charge < -0.3 is 10.2 Å². The van der Waals surface area contributed by atoms with Gasteiger partial charge in [0.1, 0.15) is 0 Å². The molecule has 0 saturated heterocycles. The van der Waals surface area contributed by atoms with Gasteiger partial charge in [0.05, 0.1) is 6.16 Å². The standard InChI is InChI=1S/C21H25O4PS/c22-20(23)21(24,14-26-25)19(16-7-2-1-3-8-16)13-27-18-11-10-15-6-4-5-9-17(15)12-18/h4-6,9-12,16,19,24H,1-3,7-8,13-14H2,(H,22,23). The van der Waals surface area contributed by atoms with Crippen LogP contribution in [0.2, 0.25) is 0 Å². The predicted molar refractivity (Wildman–Crippen MR) is 110 cm³/mol. The van der Waals surface area contributed by atoms with E-state index in [9.17, 15) is 19.6 Å². The first-order chi connectivity index (χ1) is 13.0. The van der Waals surface area contributed by atoms with E-state index in [0.717, 1.165) is 47.8 Å². The smallest absolute Gasteiger partial charge is 0.336 e. The molecule has 6 heteroatoms. The van der Waals surface area contributed by atoms with Crippen molar-refractivity contribution in [3.05, 3.63) is 42.5 Å². The van der Waals surface area contributed by atoms with Gasteiger partial charge in [-0.3, -0.25) is 4.57 Å². The Bertz CT molecular complexity index is 806. The molecule has 4 nitrogen and oxygen atoms in total.